The van der Waals surface area contributed by atoms with Crippen LogP contribution in [0.25, 0.3) is 0 Å². The molecule has 4 aromatic carbocycles. The van der Waals surface area contributed by atoms with E-state index in [1.54, 1.807) is 4.67 Å². The van der Waals surface area contributed by atoms with E-state index in [2.05, 4.69) is 79.7 Å². The summed E-state index contributed by atoms with van der Waals surface area (Å²) in [5, 5.41) is 0.176. The summed E-state index contributed by atoms with van der Waals surface area (Å²) >= 11 is 26.9. The van der Waals surface area contributed by atoms with Gasteiger partial charge in [-0.3, -0.25) is 0 Å². The standard InChI is InChI=1S/C36H38Cl4NO4P/c1-20-15-22-19-23-16-21(2)18-26(36(6,7)8)32(23)43-46(41(9)24-13-11-10-12-14-24,42-31(22)25(17-20)35(3,4)5)44-33-29(39)27(37)28(38)30(40)34(33)45-46/h10-18H,19H2,1-9H3. The van der Waals surface area contributed by atoms with Crippen LogP contribution in [0.3, 0.4) is 0 Å². The van der Waals surface area contributed by atoms with E-state index in [-0.39, 0.29) is 42.4 Å². The van der Waals surface area contributed by atoms with Gasteiger partial charge in [-0.15, -0.1) is 0 Å². The van der Waals surface area contributed by atoms with Gasteiger partial charge in [-0.25, -0.2) is 0 Å². The van der Waals surface area contributed by atoms with Crippen LogP contribution >= 0.6 is 54.1 Å². The van der Waals surface area contributed by atoms with Gasteiger partial charge < -0.3 is 0 Å². The maximum atomic E-state index is 7.42. The van der Waals surface area contributed by atoms with Crippen LogP contribution in [0.1, 0.15) is 74.9 Å². The molecular formula is C36H38Cl4NO4P. The van der Waals surface area contributed by atoms with Crippen molar-refractivity contribution in [3.05, 3.63) is 108 Å². The molecule has 2 aliphatic rings. The fraction of sp³-hybridized carbons (Fsp3) is 0.333. The van der Waals surface area contributed by atoms with Crippen LogP contribution in [0, 0.1) is 13.8 Å². The van der Waals surface area contributed by atoms with Gasteiger partial charge in [-0.2, -0.15) is 0 Å². The summed E-state index contributed by atoms with van der Waals surface area (Å²) in [4.78, 5) is 0. The molecule has 244 valence electrons. The molecule has 0 unspecified atom stereocenters. The first-order chi connectivity index (χ1) is 21.3. The van der Waals surface area contributed by atoms with Crippen molar-refractivity contribution < 1.29 is 18.1 Å². The Kier molecular flexibility index (Phi) is 7.98. The van der Waals surface area contributed by atoms with E-state index in [9.17, 15) is 0 Å². The van der Waals surface area contributed by atoms with E-state index in [4.69, 9.17) is 64.5 Å². The summed E-state index contributed by atoms with van der Waals surface area (Å²) in [6.45, 7) is 17.1. The number of benzene rings is 4. The monoisotopic (exact) mass is 719 g/mol. The first kappa shape index (κ1) is 33.4. The first-order valence-electron chi connectivity index (χ1n) is 15.1. The Bertz CT molecular complexity index is 1790. The van der Waals surface area contributed by atoms with E-state index in [1.807, 2.05) is 37.4 Å². The van der Waals surface area contributed by atoms with Crippen molar-refractivity contribution in [2.75, 3.05) is 11.7 Å². The van der Waals surface area contributed by atoms with Crippen molar-refractivity contribution in [1.82, 2.24) is 0 Å². The molecule has 6 rings (SSSR count). The zero-order valence-corrected chi connectivity index (χ0v) is 31.4. The van der Waals surface area contributed by atoms with Crippen molar-refractivity contribution in [2.24, 2.45) is 0 Å². The molecule has 0 aromatic heterocycles. The zero-order valence-electron chi connectivity index (χ0n) is 27.4. The van der Waals surface area contributed by atoms with Gasteiger partial charge in [0.2, 0.25) is 0 Å². The molecular weight excluding hydrogens is 683 g/mol. The second-order valence-electron chi connectivity index (χ2n) is 14.2. The number of nitrogens with zero attached hydrogens (tertiary/aromatic N) is 1. The minimum absolute atomic E-state index is 0.0430. The number of rotatable bonds is 2. The molecule has 2 aliphatic heterocycles. The third-order valence-electron chi connectivity index (χ3n) is 8.40. The van der Waals surface area contributed by atoms with Gasteiger partial charge in [0, 0.05) is 0 Å². The zero-order chi connectivity index (χ0) is 33.6. The van der Waals surface area contributed by atoms with Crippen LogP contribution in [0.15, 0.2) is 54.6 Å². The van der Waals surface area contributed by atoms with Crippen LogP contribution in [0.5, 0.6) is 23.0 Å². The van der Waals surface area contributed by atoms with E-state index in [0.717, 1.165) is 39.1 Å². The van der Waals surface area contributed by atoms with Gasteiger partial charge in [-0.1, -0.05) is 0 Å². The number of fused-ring (bicyclic) bond motifs is 3. The molecule has 0 atom stereocenters. The molecule has 4 aromatic rings. The normalized spacial score (nSPS) is 17.0. The Morgan fingerprint density at radius 1 is 0.587 bits per heavy atom. The van der Waals surface area contributed by atoms with Crippen LogP contribution < -0.4 is 22.8 Å². The molecule has 0 aliphatic carbocycles. The summed E-state index contributed by atoms with van der Waals surface area (Å²) in [5.74, 6) is 1.42. The summed E-state index contributed by atoms with van der Waals surface area (Å²) < 4.78 is 30.8. The third-order valence-corrected chi connectivity index (χ3v) is 13.3. The predicted molar refractivity (Wildman–Crippen MR) is 193 cm³/mol. The molecule has 0 N–H and O–H groups in total. The molecule has 0 amide bonds. The number of para-hydroxylation sites is 1. The molecule has 0 bridgehead atoms. The molecule has 46 heavy (non-hydrogen) atoms. The molecule has 2 heterocycles. The fourth-order valence-corrected chi connectivity index (χ4v) is 10.3. The van der Waals surface area contributed by atoms with E-state index < -0.39 is 7.66 Å². The molecule has 0 saturated carbocycles. The van der Waals surface area contributed by atoms with Gasteiger partial charge >= 0.3 is 293 Å². The van der Waals surface area contributed by atoms with Gasteiger partial charge in [0.25, 0.3) is 0 Å². The van der Waals surface area contributed by atoms with E-state index >= 15 is 0 Å². The topological polar surface area (TPSA) is 40.2 Å². The Morgan fingerprint density at radius 3 is 1.37 bits per heavy atom. The molecule has 10 heteroatoms. The van der Waals surface area contributed by atoms with E-state index in [0.29, 0.717) is 17.9 Å². The molecule has 0 saturated heterocycles. The third kappa shape index (κ3) is 5.28. The van der Waals surface area contributed by atoms with Gasteiger partial charge in [0.1, 0.15) is 0 Å². The predicted octanol–water partition coefficient (Wildman–Crippen LogP) is 12.6. The average Bonchev–Trinajstić information content (AvgIpc) is 3.33. The second-order valence-corrected chi connectivity index (χ2v) is 18.6. The van der Waals surface area contributed by atoms with Crippen LogP contribution in [0.2, 0.25) is 20.1 Å². The quantitative estimate of drug-likeness (QED) is 0.117. The number of hydrogen-bond acceptors (Lipinski definition) is 5. The van der Waals surface area contributed by atoms with Crippen LogP contribution in [0.4, 0.5) is 5.69 Å². The van der Waals surface area contributed by atoms with Crippen LogP contribution in [-0.4, -0.2) is 7.05 Å². The summed E-state index contributed by atoms with van der Waals surface area (Å²) in [6, 6.07) is 18.3. The van der Waals surface area contributed by atoms with E-state index in [1.165, 1.54) is 0 Å². The fourth-order valence-electron chi connectivity index (χ4n) is 6.05. The summed E-state index contributed by atoms with van der Waals surface area (Å²) in [7, 11) is -3.32. The van der Waals surface area contributed by atoms with Crippen molar-refractivity contribution in [3.8, 4) is 23.0 Å². The second kappa shape index (κ2) is 11.0. The molecule has 1 spiro atoms. The van der Waals surface area contributed by atoms with Gasteiger partial charge in [0.15, 0.2) is 0 Å². The number of aryl methyl sites for hydroxylation is 2. The number of anilines is 1. The van der Waals surface area contributed by atoms with Gasteiger partial charge in [-0.05, 0) is 0 Å². The van der Waals surface area contributed by atoms with Crippen LogP contribution in [-0.2, 0) is 17.3 Å². The number of hydrogen-bond donors (Lipinski definition) is 0. The molecule has 0 fully saturated rings. The average molecular weight is 721 g/mol. The number of halogens is 4. The Hall–Kier alpha value is -2.53. The Labute approximate surface area is 291 Å². The summed E-state index contributed by atoms with van der Waals surface area (Å²) in [6.07, 6.45) is 0.563. The summed E-state index contributed by atoms with van der Waals surface area (Å²) in [5.41, 5.74) is 6.18. The first-order valence-corrected chi connectivity index (χ1v) is 18.5. The van der Waals surface area contributed by atoms with Crippen molar-refractivity contribution >= 4 is 59.8 Å². The van der Waals surface area contributed by atoms with Crippen molar-refractivity contribution in [1.29, 1.82) is 0 Å². The van der Waals surface area contributed by atoms with Crippen molar-refractivity contribution in [3.63, 3.8) is 0 Å². The Balaban J connectivity index is 1.80. The Morgan fingerprint density at radius 2 is 0.978 bits per heavy atom. The molecule has 0 radical (unpaired) electrons. The van der Waals surface area contributed by atoms with Crippen molar-refractivity contribution in [2.45, 2.75) is 72.6 Å². The van der Waals surface area contributed by atoms with Gasteiger partial charge in [0.05, 0.1) is 0 Å². The SMILES string of the molecule is Cc1cc2c(c(C(C)(C)C)c1)OP1(N(C)c3ccccc3)(Oc3c(cc(C)cc3C(C)(C)C)C2)Oc2c(Cl)c(Cl)c(Cl)c(Cl)c2O1. The molecule has 5 nitrogen and oxygen atoms in total. The minimum atomic E-state index is -5.16. The maximum absolute atomic E-state index is 7.42.